The van der Waals surface area contributed by atoms with E-state index in [1.54, 1.807) is 6.08 Å². The summed E-state index contributed by atoms with van der Waals surface area (Å²) in [5, 5.41) is 5.76. The van der Waals surface area contributed by atoms with Gasteiger partial charge in [-0.15, -0.1) is 6.58 Å². The Balaban J connectivity index is 1.74. The molecule has 4 heteroatoms. The molecule has 90 valence electrons. The summed E-state index contributed by atoms with van der Waals surface area (Å²) in [7, 11) is 0. The topological polar surface area (TPSA) is 44.4 Å². The lowest BCUT2D eigenvalue weighted by Crippen LogP contribution is -2.43. The van der Waals surface area contributed by atoms with Crippen molar-refractivity contribution in [2.45, 2.75) is 44.3 Å². The van der Waals surface area contributed by atoms with Crippen LogP contribution in [-0.2, 0) is 0 Å². The zero-order chi connectivity index (χ0) is 11.5. The van der Waals surface area contributed by atoms with Gasteiger partial charge in [0.2, 0.25) is 0 Å². The predicted molar refractivity (Wildman–Crippen MR) is 64.3 cm³/mol. The predicted octanol–water partition coefficient (Wildman–Crippen LogP) is 1.10. The number of hydrogen-bond acceptors (Lipinski definition) is 2. The molecular formula is C12H21N3O. The Kier molecular flexibility index (Phi) is 3.49. The first-order valence-electron chi connectivity index (χ1n) is 6.11. The van der Waals surface area contributed by atoms with Crippen LogP contribution in [0, 0.1) is 0 Å². The number of carbonyl (C=O) groups is 1. The summed E-state index contributed by atoms with van der Waals surface area (Å²) in [6.45, 7) is 7.36. The maximum atomic E-state index is 11.5. The lowest BCUT2D eigenvalue weighted by Gasteiger charge is -2.19. The third kappa shape index (κ3) is 2.76. The highest BCUT2D eigenvalue weighted by molar-refractivity contribution is 5.74. The Morgan fingerprint density at radius 1 is 1.56 bits per heavy atom. The Morgan fingerprint density at radius 2 is 2.31 bits per heavy atom. The van der Waals surface area contributed by atoms with Gasteiger partial charge in [-0.3, -0.25) is 4.90 Å². The highest BCUT2D eigenvalue weighted by Crippen LogP contribution is 2.33. The number of amides is 2. The first-order chi connectivity index (χ1) is 7.70. The molecule has 1 heterocycles. The maximum Gasteiger partial charge on any atom is 0.315 e. The standard InChI is InChI=1S/C12H21N3O/c1-3-6-13-12(16)14-10-7-9(2)15(8-10)11-4-5-11/h3,9-11H,1,4-8H2,2H3,(H2,13,14,16)/t9-,10+/m0/s1. The van der Waals surface area contributed by atoms with E-state index in [0.29, 0.717) is 18.6 Å². The summed E-state index contributed by atoms with van der Waals surface area (Å²) in [5.41, 5.74) is 0. The Bertz CT molecular complexity index is 275. The van der Waals surface area contributed by atoms with Crippen molar-refractivity contribution in [2.24, 2.45) is 0 Å². The summed E-state index contributed by atoms with van der Waals surface area (Å²) < 4.78 is 0. The summed E-state index contributed by atoms with van der Waals surface area (Å²) in [4.78, 5) is 14.0. The highest BCUT2D eigenvalue weighted by Gasteiger charge is 2.38. The van der Waals surface area contributed by atoms with Gasteiger partial charge in [-0.05, 0) is 26.2 Å². The smallest absolute Gasteiger partial charge is 0.315 e. The number of urea groups is 1. The van der Waals surface area contributed by atoms with Gasteiger partial charge < -0.3 is 10.6 Å². The van der Waals surface area contributed by atoms with E-state index in [1.807, 2.05) is 0 Å². The molecule has 16 heavy (non-hydrogen) atoms. The van der Waals surface area contributed by atoms with Crippen LogP contribution in [0.5, 0.6) is 0 Å². The lowest BCUT2D eigenvalue weighted by atomic mass is 10.2. The van der Waals surface area contributed by atoms with Gasteiger partial charge in [-0.1, -0.05) is 6.08 Å². The number of nitrogens with one attached hydrogen (secondary N) is 2. The van der Waals surface area contributed by atoms with Crippen LogP contribution in [0.3, 0.4) is 0 Å². The fourth-order valence-electron chi connectivity index (χ4n) is 2.48. The Morgan fingerprint density at radius 3 is 2.94 bits per heavy atom. The molecule has 0 bridgehead atoms. The van der Waals surface area contributed by atoms with Crippen LogP contribution in [0.2, 0.25) is 0 Å². The molecule has 2 amide bonds. The minimum atomic E-state index is -0.0743. The molecule has 1 saturated heterocycles. The second-order valence-corrected chi connectivity index (χ2v) is 4.85. The molecule has 2 rings (SSSR count). The average Bonchev–Trinajstić information content (AvgIpc) is 3.01. The molecule has 0 aromatic rings. The minimum Gasteiger partial charge on any atom is -0.335 e. The van der Waals surface area contributed by atoms with Crippen molar-refractivity contribution in [3.8, 4) is 0 Å². The number of likely N-dealkylation sites (tertiary alicyclic amines) is 1. The molecule has 2 fully saturated rings. The number of carbonyl (C=O) groups excluding carboxylic acids is 1. The third-order valence-electron chi connectivity index (χ3n) is 3.38. The molecule has 4 nitrogen and oxygen atoms in total. The summed E-state index contributed by atoms with van der Waals surface area (Å²) in [6, 6.07) is 1.63. The zero-order valence-electron chi connectivity index (χ0n) is 9.91. The monoisotopic (exact) mass is 223 g/mol. The average molecular weight is 223 g/mol. The molecule has 0 spiro atoms. The van der Waals surface area contributed by atoms with E-state index in [2.05, 4.69) is 29.0 Å². The van der Waals surface area contributed by atoms with Crippen molar-refractivity contribution in [1.29, 1.82) is 0 Å². The maximum absolute atomic E-state index is 11.5. The molecule has 1 saturated carbocycles. The number of nitrogens with zero attached hydrogens (tertiary/aromatic N) is 1. The van der Waals surface area contributed by atoms with Gasteiger partial charge in [0.1, 0.15) is 0 Å². The highest BCUT2D eigenvalue weighted by atomic mass is 16.2. The van der Waals surface area contributed by atoms with Crippen LogP contribution >= 0.6 is 0 Å². The zero-order valence-corrected chi connectivity index (χ0v) is 9.91. The first-order valence-corrected chi connectivity index (χ1v) is 6.11. The second kappa shape index (κ2) is 4.87. The van der Waals surface area contributed by atoms with E-state index in [1.165, 1.54) is 12.8 Å². The van der Waals surface area contributed by atoms with Crippen LogP contribution in [0.1, 0.15) is 26.2 Å². The van der Waals surface area contributed by atoms with Gasteiger partial charge in [0.25, 0.3) is 0 Å². The van der Waals surface area contributed by atoms with Crippen molar-refractivity contribution in [1.82, 2.24) is 15.5 Å². The quantitative estimate of drug-likeness (QED) is 0.701. The molecule has 1 aliphatic carbocycles. The van der Waals surface area contributed by atoms with Crippen LogP contribution in [-0.4, -0.2) is 42.1 Å². The Labute approximate surface area is 97.1 Å². The molecule has 0 unspecified atom stereocenters. The van der Waals surface area contributed by atoms with Gasteiger partial charge in [0.05, 0.1) is 0 Å². The van der Waals surface area contributed by atoms with E-state index in [-0.39, 0.29) is 6.03 Å². The first kappa shape index (κ1) is 11.5. The summed E-state index contributed by atoms with van der Waals surface area (Å²) >= 11 is 0. The molecular weight excluding hydrogens is 202 g/mol. The van der Waals surface area contributed by atoms with Gasteiger partial charge >= 0.3 is 6.03 Å². The minimum absolute atomic E-state index is 0.0743. The van der Waals surface area contributed by atoms with E-state index < -0.39 is 0 Å². The molecule has 1 aliphatic heterocycles. The summed E-state index contributed by atoms with van der Waals surface area (Å²) in [5.74, 6) is 0. The molecule has 2 atom stereocenters. The molecule has 0 radical (unpaired) electrons. The van der Waals surface area contributed by atoms with E-state index in [0.717, 1.165) is 19.0 Å². The third-order valence-corrected chi connectivity index (χ3v) is 3.38. The van der Waals surface area contributed by atoms with Crippen molar-refractivity contribution in [3.63, 3.8) is 0 Å². The van der Waals surface area contributed by atoms with Crippen LogP contribution in [0.15, 0.2) is 12.7 Å². The van der Waals surface area contributed by atoms with Gasteiger partial charge in [0.15, 0.2) is 0 Å². The van der Waals surface area contributed by atoms with Gasteiger partial charge in [-0.25, -0.2) is 4.79 Å². The molecule has 2 aliphatic rings. The van der Waals surface area contributed by atoms with E-state index in [4.69, 9.17) is 0 Å². The second-order valence-electron chi connectivity index (χ2n) is 4.85. The van der Waals surface area contributed by atoms with Gasteiger partial charge in [-0.2, -0.15) is 0 Å². The number of hydrogen-bond donors (Lipinski definition) is 2. The van der Waals surface area contributed by atoms with Crippen LogP contribution in [0.25, 0.3) is 0 Å². The Hall–Kier alpha value is -1.03. The van der Waals surface area contributed by atoms with Crippen molar-refractivity contribution >= 4 is 6.03 Å². The molecule has 2 N–H and O–H groups in total. The molecule has 0 aromatic carbocycles. The van der Waals surface area contributed by atoms with Crippen molar-refractivity contribution in [2.75, 3.05) is 13.1 Å². The SMILES string of the molecule is C=CCNC(=O)N[C@@H]1C[C@H](C)N(C2CC2)C1. The van der Waals surface area contributed by atoms with E-state index in [9.17, 15) is 4.79 Å². The van der Waals surface area contributed by atoms with Crippen molar-refractivity contribution < 1.29 is 4.79 Å². The molecule has 0 aromatic heterocycles. The lowest BCUT2D eigenvalue weighted by molar-refractivity contribution is 0.235. The summed E-state index contributed by atoms with van der Waals surface area (Å²) in [6.07, 6.45) is 5.42. The largest absolute Gasteiger partial charge is 0.335 e. The van der Waals surface area contributed by atoms with E-state index >= 15 is 0 Å². The van der Waals surface area contributed by atoms with Crippen molar-refractivity contribution in [3.05, 3.63) is 12.7 Å². The van der Waals surface area contributed by atoms with Crippen LogP contribution in [0.4, 0.5) is 4.79 Å². The van der Waals surface area contributed by atoms with Gasteiger partial charge in [0, 0.05) is 31.2 Å². The fourth-order valence-corrected chi connectivity index (χ4v) is 2.48. The normalized spacial score (nSPS) is 30.1. The van der Waals surface area contributed by atoms with Crippen LogP contribution < -0.4 is 10.6 Å². The number of rotatable bonds is 4. The fraction of sp³-hybridized carbons (Fsp3) is 0.750.